The maximum Gasteiger partial charge on any atom is 1.00 e. The number of aromatic carboxylic acids is 2. The van der Waals surface area contributed by atoms with Crippen LogP contribution in [-0.2, 0) is 19.4 Å². The van der Waals surface area contributed by atoms with Crippen LogP contribution in [0.3, 0.4) is 0 Å². The predicted octanol–water partition coefficient (Wildman–Crippen LogP) is 3.61. The molecule has 254 valence electrons. The number of carboxylic acids is 2. The molecule has 1 saturated heterocycles. The van der Waals surface area contributed by atoms with E-state index in [1.54, 1.807) is 18.3 Å². The summed E-state index contributed by atoms with van der Waals surface area (Å²) in [7, 11) is 2.18. The van der Waals surface area contributed by atoms with Crippen molar-refractivity contribution in [2.45, 2.75) is 52.5 Å². The van der Waals surface area contributed by atoms with Gasteiger partial charge in [-0.25, -0.2) is 9.59 Å². The van der Waals surface area contributed by atoms with Gasteiger partial charge in [-0.3, -0.25) is 14.4 Å². The van der Waals surface area contributed by atoms with E-state index in [0.717, 1.165) is 42.9 Å². The SMILES string of the molecule is CCCc1c2oc(C(=O)O)cc(=O)c2cc2c(=O)cc(C(=O)O)n(CC)c12.CN1CCC(=C2c3ccccc3CC(=O)c3sccc32)CC1.[H-].[Na+]. The summed E-state index contributed by atoms with van der Waals surface area (Å²) in [4.78, 5) is 63.8. The number of thiophene rings is 1. The largest absolute Gasteiger partial charge is 1.00 e. The average molecular weight is 705 g/mol. The van der Waals surface area contributed by atoms with Gasteiger partial charge in [-0.1, -0.05) is 43.2 Å². The number of hydrogen-bond donors (Lipinski definition) is 2. The minimum Gasteiger partial charge on any atom is -1.00 e. The second-order valence-corrected chi connectivity index (χ2v) is 13.2. The first-order chi connectivity index (χ1) is 23.5. The van der Waals surface area contributed by atoms with Crippen molar-refractivity contribution in [3.05, 3.63) is 119 Å². The Bertz CT molecular complexity index is 2310. The van der Waals surface area contributed by atoms with Crippen LogP contribution in [0.1, 0.15) is 87.5 Å². The molecule has 10 nitrogen and oxygen atoms in total. The second-order valence-electron chi connectivity index (χ2n) is 12.3. The number of benzene rings is 2. The summed E-state index contributed by atoms with van der Waals surface area (Å²) in [5, 5.41) is 21.0. The molecule has 3 aromatic heterocycles. The third-order valence-corrected chi connectivity index (χ3v) is 10.2. The third-order valence-electron chi connectivity index (χ3n) is 9.20. The second kappa shape index (κ2) is 15.4. The Labute approximate surface area is 315 Å². The van der Waals surface area contributed by atoms with Gasteiger partial charge >= 0.3 is 41.5 Å². The van der Waals surface area contributed by atoms with Crippen molar-refractivity contribution >= 4 is 56.5 Å². The van der Waals surface area contributed by atoms with Crippen molar-refractivity contribution in [3.8, 4) is 0 Å². The van der Waals surface area contributed by atoms with Crippen molar-refractivity contribution in [2.24, 2.45) is 0 Å². The van der Waals surface area contributed by atoms with Gasteiger partial charge in [-0.05, 0) is 67.4 Å². The van der Waals surface area contributed by atoms with Gasteiger partial charge in [-0.2, -0.15) is 0 Å². The standard InChI is InChI=1S/C19H17NO7.C19H19NOS.Na.H/c1-3-5-9-16-10(13(21)7-12(18(23)24)20(16)4-2)6-11-14(22)8-15(19(25)26)27-17(9)11;1-20-9-6-13(7-10-20)18-15-5-3-2-4-14(15)12-17(21)19-16(18)8-11-22-19;;/h6-8H,3-5H2,1-2H3,(H,23,24)(H,25,26);2-5,8,11H,6-7,9-10,12H2,1H3;;/q;;+1;-1. The molecule has 7 rings (SSSR count). The zero-order chi connectivity index (χ0) is 35.0. The zero-order valence-electron chi connectivity index (χ0n) is 29.5. The van der Waals surface area contributed by atoms with Gasteiger partial charge in [0.1, 0.15) is 11.3 Å². The molecule has 1 aliphatic heterocycles. The quantitative estimate of drug-likeness (QED) is 0.207. The van der Waals surface area contributed by atoms with E-state index in [9.17, 15) is 34.2 Å². The van der Waals surface area contributed by atoms with E-state index < -0.39 is 28.6 Å². The molecule has 0 bridgehead atoms. The Morgan fingerprint density at radius 2 is 1.62 bits per heavy atom. The van der Waals surface area contributed by atoms with Crippen LogP contribution < -0.4 is 40.4 Å². The molecule has 0 radical (unpaired) electrons. The Balaban J connectivity index is 0.000000224. The van der Waals surface area contributed by atoms with Crippen LogP contribution in [-0.4, -0.2) is 57.5 Å². The Kier molecular flexibility index (Phi) is 11.4. The first kappa shape index (κ1) is 37.1. The van der Waals surface area contributed by atoms with Crippen molar-refractivity contribution in [2.75, 3.05) is 20.1 Å². The Morgan fingerprint density at radius 1 is 0.920 bits per heavy atom. The zero-order valence-corrected chi connectivity index (χ0v) is 31.3. The number of rotatable bonds is 5. The van der Waals surface area contributed by atoms with Crippen LogP contribution in [0.15, 0.2) is 73.5 Å². The molecule has 12 heteroatoms. The van der Waals surface area contributed by atoms with Crippen LogP contribution in [0.2, 0.25) is 0 Å². The van der Waals surface area contributed by atoms with Crippen LogP contribution in [0.4, 0.5) is 0 Å². The van der Waals surface area contributed by atoms with E-state index in [-0.39, 0.29) is 65.4 Å². The number of pyridine rings is 1. The molecule has 50 heavy (non-hydrogen) atoms. The van der Waals surface area contributed by atoms with E-state index in [4.69, 9.17) is 4.42 Å². The van der Waals surface area contributed by atoms with Gasteiger partial charge in [0.15, 0.2) is 16.6 Å². The number of likely N-dealkylation sites (tertiary alicyclic amines) is 1. The van der Waals surface area contributed by atoms with Crippen molar-refractivity contribution in [1.82, 2.24) is 9.47 Å². The van der Waals surface area contributed by atoms with E-state index in [1.165, 1.54) is 38.5 Å². The minimum atomic E-state index is -1.39. The number of ketones is 1. The van der Waals surface area contributed by atoms with Crippen LogP contribution in [0, 0.1) is 0 Å². The average Bonchev–Trinajstić information content (AvgIpc) is 3.52. The van der Waals surface area contributed by atoms with Crippen molar-refractivity contribution < 1.29 is 60.0 Å². The molecule has 0 atom stereocenters. The molecule has 2 aromatic carbocycles. The summed E-state index contributed by atoms with van der Waals surface area (Å²) in [6.07, 6.45) is 3.72. The number of aromatic nitrogens is 1. The van der Waals surface area contributed by atoms with E-state index in [2.05, 4.69) is 41.6 Å². The summed E-state index contributed by atoms with van der Waals surface area (Å²) in [5.41, 5.74) is 6.07. The summed E-state index contributed by atoms with van der Waals surface area (Å²) in [6.45, 7) is 6.09. The molecule has 1 fully saturated rings. The molecular formula is C38H37N2NaO8S. The number of fused-ring (bicyclic) bond motifs is 4. The molecule has 2 N–H and O–H groups in total. The van der Waals surface area contributed by atoms with Gasteiger partial charge in [-0.15, -0.1) is 11.3 Å². The van der Waals surface area contributed by atoms with Gasteiger partial charge < -0.3 is 25.5 Å². The first-order valence-corrected chi connectivity index (χ1v) is 17.2. The summed E-state index contributed by atoms with van der Waals surface area (Å²) < 4.78 is 6.94. The van der Waals surface area contributed by atoms with E-state index in [0.29, 0.717) is 30.3 Å². The van der Waals surface area contributed by atoms with Gasteiger partial charge in [0, 0.05) is 54.7 Å². The molecule has 1 aliphatic carbocycles. The van der Waals surface area contributed by atoms with Gasteiger partial charge in [0.25, 0.3) is 0 Å². The molecule has 0 unspecified atom stereocenters. The number of hydrogen-bond acceptors (Lipinski definition) is 8. The summed E-state index contributed by atoms with van der Waals surface area (Å²) in [5.74, 6) is -2.88. The normalized spacial score (nSPS) is 14.3. The number of carboxylic acid groups (broad SMARTS) is 2. The number of piperidine rings is 1. The number of aryl methyl sites for hydroxylation is 2. The molecular weight excluding hydrogens is 667 g/mol. The number of nitrogens with zero attached hydrogens (tertiary/aromatic N) is 2. The fourth-order valence-corrected chi connectivity index (χ4v) is 7.74. The summed E-state index contributed by atoms with van der Waals surface area (Å²) in [6, 6.07) is 13.8. The number of Topliss-reactive ketones (excluding diaryl/α,β-unsaturated/α-hetero) is 1. The van der Waals surface area contributed by atoms with E-state index in [1.807, 2.05) is 13.0 Å². The topological polar surface area (TPSA) is 147 Å². The monoisotopic (exact) mass is 704 g/mol. The number of carbonyl (C=O) groups is 3. The fourth-order valence-electron chi connectivity index (χ4n) is 6.89. The maximum atomic E-state index is 12.6. The van der Waals surface area contributed by atoms with Crippen molar-refractivity contribution in [1.29, 1.82) is 0 Å². The fraction of sp³-hybridized carbons (Fsp3) is 0.289. The third kappa shape index (κ3) is 6.93. The maximum absolute atomic E-state index is 12.6. The molecule has 4 heterocycles. The minimum absolute atomic E-state index is 0. The van der Waals surface area contributed by atoms with Crippen LogP contribution in [0.5, 0.6) is 0 Å². The molecule has 0 saturated carbocycles. The molecule has 2 aliphatic rings. The molecule has 5 aromatic rings. The Hall–Kier alpha value is -4.13. The Morgan fingerprint density at radius 3 is 2.28 bits per heavy atom. The number of carbonyl (C=O) groups excluding carboxylic acids is 1. The summed E-state index contributed by atoms with van der Waals surface area (Å²) >= 11 is 1.59. The predicted molar refractivity (Wildman–Crippen MR) is 190 cm³/mol. The van der Waals surface area contributed by atoms with E-state index >= 15 is 0 Å². The van der Waals surface area contributed by atoms with Crippen molar-refractivity contribution in [3.63, 3.8) is 0 Å². The molecule has 0 amide bonds. The van der Waals surface area contributed by atoms with Crippen LogP contribution in [0.25, 0.3) is 27.4 Å². The smallest absolute Gasteiger partial charge is 1.00 e. The molecule has 0 spiro atoms. The first-order valence-electron chi connectivity index (χ1n) is 16.3. The van der Waals surface area contributed by atoms with Crippen LogP contribution >= 0.6 is 11.3 Å². The van der Waals surface area contributed by atoms with Gasteiger partial charge in [0.2, 0.25) is 5.76 Å². The van der Waals surface area contributed by atoms with Gasteiger partial charge in [0.05, 0.1) is 15.8 Å².